The van der Waals surface area contributed by atoms with Crippen LogP contribution in [0.1, 0.15) is 28.2 Å². The van der Waals surface area contributed by atoms with Gasteiger partial charge in [0.1, 0.15) is 0 Å². The number of benzene rings is 2. The molecule has 2 aromatic rings. The highest BCUT2D eigenvalue weighted by atomic mass is 32.2. The van der Waals surface area contributed by atoms with Gasteiger partial charge >= 0.3 is 0 Å². The SMILES string of the molecule is CNCC#CC1c2ccccc2C=Cc2ccc(SC)cc21. The van der Waals surface area contributed by atoms with Crippen molar-refractivity contribution in [1.29, 1.82) is 0 Å². The molecule has 0 amide bonds. The fourth-order valence-corrected chi connectivity index (χ4v) is 3.20. The highest BCUT2D eigenvalue weighted by Gasteiger charge is 2.19. The van der Waals surface area contributed by atoms with Crippen molar-refractivity contribution in [3.8, 4) is 11.8 Å². The quantitative estimate of drug-likeness (QED) is 0.657. The Morgan fingerprint density at radius 2 is 1.82 bits per heavy atom. The molecule has 0 radical (unpaired) electrons. The van der Waals surface area contributed by atoms with Crippen LogP contribution in [0.15, 0.2) is 47.4 Å². The van der Waals surface area contributed by atoms with Crippen LogP contribution >= 0.6 is 11.8 Å². The van der Waals surface area contributed by atoms with Crippen molar-refractivity contribution in [2.24, 2.45) is 0 Å². The van der Waals surface area contributed by atoms with Gasteiger partial charge in [-0.05, 0) is 47.7 Å². The normalized spacial score (nSPS) is 15.3. The zero-order chi connectivity index (χ0) is 15.4. The monoisotopic (exact) mass is 305 g/mol. The van der Waals surface area contributed by atoms with E-state index in [1.807, 2.05) is 7.05 Å². The minimum atomic E-state index is 0.127. The lowest BCUT2D eigenvalue weighted by Gasteiger charge is -2.16. The highest BCUT2D eigenvalue weighted by molar-refractivity contribution is 7.98. The van der Waals surface area contributed by atoms with Crippen LogP contribution in [0, 0.1) is 11.8 Å². The molecule has 3 rings (SSSR count). The maximum Gasteiger partial charge on any atom is 0.0714 e. The van der Waals surface area contributed by atoms with Gasteiger partial charge in [-0.3, -0.25) is 0 Å². The Bertz CT molecular complexity index is 765. The maximum atomic E-state index is 3.46. The summed E-state index contributed by atoms with van der Waals surface area (Å²) in [7, 11) is 1.93. The van der Waals surface area contributed by atoms with Crippen molar-refractivity contribution in [3.05, 3.63) is 64.7 Å². The van der Waals surface area contributed by atoms with E-state index < -0.39 is 0 Å². The van der Waals surface area contributed by atoms with Crippen molar-refractivity contribution in [3.63, 3.8) is 0 Å². The summed E-state index contributed by atoms with van der Waals surface area (Å²) in [5.74, 6) is 6.85. The third-order valence-electron chi connectivity index (χ3n) is 3.87. The van der Waals surface area contributed by atoms with Crippen molar-refractivity contribution < 1.29 is 0 Å². The number of fused-ring (bicyclic) bond motifs is 2. The molecule has 2 aromatic carbocycles. The van der Waals surface area contributed by atoms with Gasteiger partial charge in [0.05, 0.1) is 12.5 Å². The molecule has 0 heterocycles. The van der Waals surface area contributed by atoms with Crippen molar-refractivity contribution in [1.82, 2.24) is 5.32 Å². The molecule has 1 atom stereocenters. The number of hydrogen-bond donors (Lipinski definition) is 1. The third-order valence-corrected chi connectivity index (χ3v) is 4.59. The van der Waals surface area contributed by atoms with E-state index in [1.54, 1.807) is 11.8 Å². The molecule has 2 heteroatoms. The predicted octanol–water partition coefficient (Wildman–Crippen LogP) is 4.25. The Morgan fingerprint density at radius 1 is 1.05 bits per heavy atom. The van der Waals surface area contributed by atoms with Crippen LogP contribution in [-0.4, -0.2) is 19.8 Å². The summed E-state index contributed by atoms with van der Waals surface area (Å²) in [5.41, 5.74) is 5.11. The minimum absolute atomic E-state index is 0.127. The Labute approximate surface area is 136 Å². The van der Waals surface area contributed by atoms with E-state index in [-0.39, 0.29) is 5.92 Å². The standard InChI is InChI=1S/C20H19NS/c1-21-13-5-8-19-18-7-4-3-6-15(18)9-10-16-11-12-17(22-2)14-20(16)19/h3-4,6-7,9-12,14,19,21H,13H2,1-2H3. The number of nitrogens with one attached hydrogen (secondary N) is 1. The molecular formula is C20H19NS. The molecule has 0 saturated carbocycles. The van der Waals surface area contributed by atoms with E-state index in [0.29, 0.717) is 6.54 Å². The Morgan fingerprint density at radius 3 is 2.59 bits per heavy atom. The van der Waals surface area contributed by atoms with Crippen molar-refractivity contribution >= 4 is 23.9 Å². The van der Waals surface area contributed by atoms with E-state index in [4.69, 9.17) is 0 Å². The van der Waals surface area contributed by atoms with Gasteiger partial charge in [0.15, 0.2) is 0 Å². The molecule has 0 spiro atoms. The lowest BCUT2D eigenvalue weighted by molar-refractivity contribution is 0.934. The van der Waals surface area contributed by atoms with Gasteiger partial charge in [0.25, 0.3) is 0 Å². The fourth-order valence-electron chi connectivity index (χ4n) is 2.75. The number of hydrogen-bond acceptors (Lipinski definition) is 2. The van der Waals surface area contributed by atoms with Crippen LogP contribution in [0.25, 0.3) is 12.2 Å². The molecule has 110 valence electrons. The molecule has 0 fully saturated rings. The van der Waals surface area contributed by atoms with Crippen LogP contribution in [0.2, 0.25) is 0 Å². The third kappa shape index (κ3) is 2.97. The highest BCUT2D eigenvalue weighted by Crippen LogP contribution is 2.35. The van der Waals surface area contributed by atoms with E-state index in [0.717, 1.165) is 0 Å². The van der Waals surface area contributed by atoms with E-state index in [2.05, 4.69) is 78.0 Å². The number of thioether (sulfide) groups is 1. The summed E-state index contributed by atoms with van der Waals surface area (Å²) in [6.45, 7) is 0.712. The molecule has 22 heavy (non-hydrogen) atoms. The lowest BCUT2D eigenvalue weighted by Crippen LogP contribution is -2.06. The smallest absolute Gasteiger partial charge is 0.0714 e. The largest absolute Gasteiger partial charge is 0.309 e. The van der Waals surface area contributed by atoms with Crippen LogP contribution in [0.3, 0.4) is 0 Å². The van der Waals surface area contributed by atoms with Crippen molar-refractivity contribution in [2.75, 3.05) is 19.8 Å². The molecule has 1 aliphatic carbocycles. The Hall–Kier alpha value is -1.95. The molecular weight excluding hydrogens is 286 g/mol. The molecule has 0 aromatic heterocycles. The zero-order valence-corrected chi connectivity index (χ0v) is 13.7. The second-order valence-electron chi connectivity index (χ2n) is 5.24. The average Bonchev–Trinajstić information content (AvgIpc) is 2.72. The number of rotatable bonds is 2. The van der Waals surface area contributed by atoms with Gasteiger partial charge in [0.2, 0.25) is 0 Å². The Kier molecular flexibility index (Phi) is 4.68. The first-order chi connectivity index (χ1) is 10.8. The molecule has 1 N–H and O–H groups in total. The van der Waals surface area contributed by atoms with Gasteiger partial charge in [0, 0.05) is 4.90 Å². The van der Waals surface area contributed by atoms with Gasteiger partial charge in [-0.25, -0.2) is 0 Å². The summed E-state index contributed by atoms with van der Waals surface area (Å²) < 4.78 is 0. The average molecular weight is 305 g/mol. The molecule has 1 unspecified atom stereocenters. The summed E-state index contributed by atoms with van der Waals surface area (Å²) >= 11 is 1.78. The molecule has 0 bridgehead atoms. The van der Waals surface area contributed by atoms with Crippen molar-refractivity contribution in [2.45, 2.75) is 10.8 Å². The summed E-state index contributed by atoms with van der Waals surface area (Å²) in [5, 5.41) is 3.10. The van der Waals surface area contributed by atoms with Gasteiger partial charge in [-0.1, -0.05) is 54.3 Å². The van der Waals surface area contributed by atoms with Crippen LogP contribution in [0.4, 0.5) is 0 Å². The minimum Gasteiger partial charge on any atom is -0.309 e. The second kappa shape index (κ2) is 6.87. The molecule has 1 nitrogen and oxygen atoms in total. The first kappa shape index (κ1) is 15.0. The second-order valence-corrected chi connectivity index (χ2v) is 6.12. The van der Waals surface area contributed by atoms with E-state index >= 15 is 0 Å². The summed E-state index contributed by atoms with van der Waals surface area (Å²) in [6, 6.07) is 15.2. The maximum absolute atomic E-state index is 3.46. The van der Waals surface area contributed by atoms with E-state index in [1.165, 1.54) is 27.1 Å². The first-order valence-corrected chi connectivity index (χ1v) is 8.64. The molecule has 1 aliphatic rings. The fraction of sp³-hybridized carbons (Fsp3) is 0.200. The predicted molar refractivity (Wildman–Crippen MR) is 97.1 cm³/mol. The Balaban J connectivity index is 2.17. The molecule has 0 saturated heterocycles. The van der Waals surface area contributed by atoms with Gasteiger partial charge < -0.3 is 5.32 Å². The van der Waals surface area contributed by atoms with E-state index in [9.17, 15) is 0 Å². The van der Waals surface area contributed by atoms with Gasteiger partial charge in [-0.15, -0.1) is 11.8 Å². The van der Waals surface area contributed by atoms with Gasteiger partial charge in [-0.2, -0.15) is 0 Å². The summed E-state index contributed by atoms with van der Waals surface area (Å²) in [4.78, 5) is 1.28. The van der Waals surface area contributed by atoms with Crippen LogP contribution in [0.5, 0.6) is 0 Å². The first-order valence-electron chi connectivity index (χ1n) is 7.41. The topological polar surface area (TPSA) is 12.0 Å². The molecule has 0 aliphatic heterocycles. The lowest BCUT2D eigenvalue weighted by atomic mass is 9.88. The van der Waals surface area contributed by atoms with Crippen LogP contribution < -0.4 is 5.32 Å². The summed E-state index contributed by atoms with van der Waals surface area (Å²) in [6.07, 6.45) is 6.52. The zero-order valence-electron chi connectivity index (χ0n) is 12.9. The van der Waals surface area contributed by atoms with Crippen LogP contribution in [-0.2, 0) is 0 Å².